The molecule has 0 saturated heterocycles. The van der Waals surface area contributed by atoms with Crippen LogP contribution in [0.15, 0.2) is 42.5 Å². The van der Waals surface area contributed by atoms with E-state index in [4.69, 9.17) is 11.6 Å². The second kappa shape index (κ2) is 6.72. The van der Waals surface area contributed by atoms with Crippen LogP contribution >= 0.6 is 11.6 Å². The SMILES string of the molecule is Cc1c(Cl)cccc1NC(=O)CNC(=O)c1n[nH]c2ccccc12. The number of rotatable bonds is 4. The normalized spacial score (nSPS) is 10.6. The maximum absolute atomic E-state index is 12.2. The molecule has 0 spiro atoms. The number of anilines is 1. The fraction of sp³-hybridized carbons (Fsp3) is 0.118. The zero-order valence-corrected chi connectivity index (χ0v) is 13.6. The van der Waals surface area contributed by atoms with Crippen LogP contribution in [0.1, 0.15) is 16.1 Å². The Balaban J connectivity index is 1.64. The van der Waals surface area contributed by atoms with Gasteiger partial charge in [0.1, 0.15) is 0 Å². The molecule has 0 aliphatic carbocycles. The molecule has 2 amide bonds. The van der Waals surface area contributed by atoms with Crippen molar-refractivity contribution < 1.29 is 9.59 Å². The molecule has 6 nitrogen and oxygen atoms in total. The van der Waals surface area contributed by atoms with E-state index in [-0.39, 0.29) is 18.1 Å². The summed E-state index contributed by atoms with van der Waals surface area (Å²) in [5.74, 6) is -0.751. The van der Waals surface area contributed by atoms with Gasteiger partial charge < -0.3 is 10.6 Å². The predicted octanol–water partition coefficient (Wildman–Crippen LogP) is 2.89. The lowest BCUT2D eigenvalue weighted by molar-refractivity contribution is -0.115. The second-order valence-electron chi connectivity index (χ2n) is 5.26. The molecule has 0 unspecified atom stereocenters. The number of hydrogen-bond donors (Lipinski definition) is 3. The molecule has 3 rings (SSSR count). The molecule has 0 bridgehead atoms. The fourth-order valence-corrected chi connectivity index (χ4v) is 2.49. The Morgan fingerprint density at radius 3 is 2.79 bits per heavy atom. The van der Waals surface area contributed by atoms with Gasteiger partial charge in [-0.1, -0.05) is 35.9 Å². The van der Waals surface area contributed by atoms with Gasteiger partial charge in [-0.05, 0) is 30.7 Å². The summed E-state index contributed by atoms with van der Waals surface area (Å²) >= 11 is 6.02. The third-order valence-electron chi connectivity index (χ3n) is 3.64. The molecule has 2 aromatic carbocycles. The van der Waals surface area contributed by atoms with Crippen molar-refractivity contribution in [2.45, 2.75) is 6.92 Å². The first-order valence-corrected chi connectivity index (χ1v) is 7.70. The number of hydrogen-bond acceptors (Lipinski definition) is 3. The minimum Gasteiger partial charge on any atom is -0.342 e. The first kappa shape index (κ1) is 16.0. The van der Waals surface area contributed by atoms with Crippen molar-refractivity contribution >= 4 is 40.0 Å². The Morgan fingerprint density at radius 2 is 1.96 bits per heavy atom. The van der Waals surface area contributed by atoms with Crippen LogP contribution < -0.4 is 10.6 Å². The average molecular weight is 343 g/mol. The minimum absolute atomic E-state index is 0.161. The average Bonchev–Trinajstić information content (AvgIpc) is 3.01. The number of benzene rings is 2. The van der Waals surface area contributed by atoms with Crippen LogP contribution in [-0.2, 0) is 4.79 Å². The number of halogens is 1. The Labute approximate surface area is 143 Å². The largest absolute Gasteiger partial charge is 0.342 e. The van der Waals surface area contributed by atoms with Gasteiger partial charge in [0.05, 0.1) is 12.1 Å². The van der Waals surface area contributed by atoms with E-state index in [9.17, 15) is 9.59 Å². The highest BCUT2D eigenvalue weighted by molar-refractivity contribution is 6.31. The van der Waals surface area contributed by atoms with Crippen LogP contribution in [0.3, 0.4) is 0 Å². The minimum atomic E-state index is -0.412. The van der Waals surface area contributed by atoms with Crippen LogP contribution in [0.2, 0.25) is 5.02 Å². The molecule has 0 aliphatic heterocycles. The van der Waals surface area contributed by atoms with Crippen LogP contribution in [0.25, 0.3) is 10.9 Å². The van der Waals surface area contributed by atoms with Crippen molar-refractivity contribution in [2.75, 3.05) is 11.9 Å². The summed E-state index contributed by atoms with van der Waals surface area (Å²) in [6.45, 7) is 1.65. The number of nitrogens with zero attached hydrogens (tertiary/aromatic N) is 1. The quantitative estimate of drug-likeness (QED) is 0.681. The Bertz CT molecular complexity index is 920. The van der Waals surface area contributed by atoms with Crippen LogP contribution in [-0.4, -0.2) is 28.6 Å². The lowest BCUT2D eigenvalue weighted by atomic mass is 10.2. The Kier molecular flexibility index (Phi) is 4.48. The summed E-state index contributed by atoms with van der Waals surface area (Å²) in [7, 11) is 0. The van der Waals surface area contributed by atoms with Gasteiger partial charge in [0.2, 0.25) is 5.91 Å². The molecule has 122 valence electrons. The number of nitrogens with one attached hydrogen (secondary N) is 3. The molecule has 0 radical (unpaired) electrons. The number of para-hydroxylation sites is 1. The first-order valence-electron chi connectivity index (χ1n) is 7.32. The number of amides is 2. The molecule has 0 atom stereocenters. The van der Waals surface area contributed by atoms with Crippen LogP contribution in [0.4, 0.5) is 5.69 Å². The number of carbonyl (C=O) groups is 2. The number of H-pyrrole nitrogens is 1. The monoisotopic (exact) mass is 342 g/mol. The smallest absolute Gasteiger partial charge is 0.272 e. The van der Waals surface area contributed by atoms with E-state index in [2.05, 4.69) is 20.8 Å². The Hall–Kier alpha value is -2.86. The van der Waals surface area contributed by atoms with Crippen molar-refractivity contribution in [3.8, 4) is 0 Å². The number of aromatic nitrogens is 2. The van der Waals surface area contributed by atoms with Crippen molar-refractivity contribution in [3.63, 3.8) is 0 Å². The summed E-state index contributed by atoms with van der Waals surface area (Å²) in [4.78, 5) is 24.2. The predicted molar refractivity (Wildman–Crippen MR) is 93.2 cm³/mol. The summed E-state index contributed by atoms with van der Waals surface area (Å²) < 4.78 is 0. The van der Waals surface area contributed by atoms with Crippen molar-refractivity contribution in [1.82, 2.24) is 15.5 Å². The maximum atomic E-state index is 12.2. The molecule has 1 aromatic heterocycles. The van der Waals surface area contributed by atoms with Gasteiger partial charge in [-0.3, -0.25) is 14.7 Å². The summed E-state index contributed by atoms with van der Waals surface area (Å²) in [5, 5.41) is 13.3. The van der Waals surface area contributed by atoms with Gasteiger partial charge in [0, 0.05) is 16.1 Å². The molecule has 3 N–H and O–H groups in total. The van der Waals surface area contributed by atoms with Gasteiger partial charge in [-0.15, -0.1) is 0 Å². The highest BCUT2D eigenvalue weighted by Crippen LogP contribution is 2.22. The molecule has 3 aromatic rings. The molecule has 7 heteroatoms. The lowest BCUT2D eigenvalue weighted by Crippen LogP contribution is -2.33. The van der Waals surface area contributed by atoms with E-state index in [0.29, 0.717) is 16.1 Å². The van der Waals surface area contributed by atoms with Gasteiger partial charge in [-0.25, -0.2) is 0 Å². The summed E-state index contributed by atoms with van der Waals surface area (Å²) in [6.07, 6.45) is 0. The molecule has 0 fully saturated rings. The van der Waals surface area contributed by atoms with Gasteiger partial charge in [0.15, 0.2) is 5.69 Å². The topological polar surface area (TPSA) is 86.9 Å². The summed E-state index contributed by atoms with van der Waals surface area (Å²) in [5.41, 5.74) is 2.42. The zero-order chi connectivity index (χ0) is 17.1. The molecule has 0 saturated carbocycles. The molecule has 0 aliphatic rings. The number of aromatic amines is 1. The second-order valence-corrected chi connectivity index (χ2v) is 5.67. The van der Waals surface area contributed by atoms with E-state index < -0.39 is 5.91 Å². The van der Waals surface area contributed by atoms with Crippen LogP contribution in [0.5, 0.6) is 0 Å². The van der Waals surface area contributed by atoms with Crippen molar-refractivity contribution in [2.24, 2.45) is 0 Å². The standard InChI is InChI=1S/C17H15ClN4O2/c1-10-12(18)6-4-8-13(10)20-15(23)9-19-17(24)16-11-5-2-3-7-14(11)21-22-16/h2-8H,9H2,1H3,(H,19,24)(H,20,23)(H,21,22). The summed E-state index contributed by atoms with van der Waals surface area (Å²) in [6, 6.07) is 12.5. The van der Waals surface area contributed by atoms with E-state index in [1.165, 1.54) is 0 Å². The van der Waals surface area contributed by atoms with E-state index >= 15 is 0 Å². The third-order valence-corrected chi connectivity index (χ3v) is 4.05. The van der Waals surface area contributed by atoms with Gasteiger partial charge in [0.25, 0.3) is 5.91 Å². The van der Waals surface area contributed by atoms with Gasteiger partial charge in [-0.2, -0.15) is 5.10 Å². The highest BCUT2D eigenvalue weighted by Gasteiger charge is 2.15. The van der Waals surface area contributed by atoms with Gasteiger partial charge >= 0.3 is 0 Å². The third kappa shape index (κ3) is 3.23. The highest BCUT2D eigenvalue weighted by atomic mass is 35.5. The fourth-order valence-electron chi connectivity index (χ4n) is 2.32. The molecule has 1 heterocycles. The molecular weight excluding hydrogens is 328 g/mol. The molecule has 24 heavy (non-hydrogen) atoms. The Morgan fingerprint density at radius 1 is 1.17 bits per heavy atom. The number of carbonyl (C=O) groups excluding carboxylic acids is 2. The maximum Gasteiger partial charge on any atom is 0.272 e. The van der Waals surface area contributed by atoms with E-state index in [1.807, 2.05) is 25.1 Å². The lowest BCUT2D eigenvalue weighted by Gasteiger charge is -2.09. The van der Waals surface area contributed by atoms with Crippen LogP contribution in [0, 0.1) is 6.92 Å². The zero-order valence-electron chi connectivity index (χ0n) is 12.9. The van der Waals surface area contributed by atoms with Crippen molar-refractivity contribution in [3.05, 3.63) is 58.7 Å². The first-order chi connectivity index (χ1) is 11.6. The van der Waals surface area contributed by atoms with Crippen molar-refractivity contribution in [1.29, 1.82) is 0 Å². The number of fused-ring (bicyclic) bond motifs is 1. The van der Waals surface area contributed by atoms with E-state index in [1.54, 1.807) is 24.3 Å². The molecular formula is C17H15ClN4O2. The van der Waals surface area contributed by atoms with E-state index in [0.717, 1.165) is 11.1 Å².